The van der Waals surface area contributed by atoms with Crippen molar-refractivity contribution in [2.75, 3.05) is 32.0 Å². The van der Waals surface area contributed by atoms with Gasteiger partial charge in [0.15, 0.2) is 0 Å². The van der Waals surface area contributed by atoms with Crippen LogP contribution in [0.5, 0.6) is 5.75 Å². The van der Waals surface area contributed by atoms with Crippen LogP contribution in [0.1, 0.15) is 25.3 Å². The summed E-state index contributed by atoms with van der Waals surface area (Å²) in [4.78, 5) is 2.53. The molecule has 0 amide bonds. The largest absolute Gasteiger partial charge is 0.492 e. The number of nitriles is 1. The number of para-hydroxylation sites is 1. The molecule has 0 spiro atoms. The van der Waals surface area contributed by atoms with Gasteiger partial charge in [-0.05, 0) is 25.0 Å². The molecule has 1 saturated heterocycles. The Kier molecular flexibility index (Phi) is 6.23. The summed E-state index contributed by atoms with van der Waals surface area (Å²) in [6.07, 6.45) is 2.27. The summed E-state index contributed by atoms with van der Waals surface area (Å²) in [5.41, 5.74) is 0.618. The van der Waals surface area contributed by atoms with Crippen molar-refractivity contribution < 1.29 is 4.74 Å². The van der Waals surface area contributed by atoms with Gasteiger partial charge in [-0.15, -0.1) is 0 Å². The third-order valence-corrected chi connectivity index (χ3v) is 4.93. The molecule has 0 saturated carbocycles. The summed E-state index contributed by atoms with van der Waals surface area (Å²) >= 11 is 2.10. The highest BCUT2D eigenvalue weighted by Crippen LogP contribution is 2.21. The monoisotopic (exact) mass is 290 g/mol. The fraction of sp³-hybridized carbons (Fsp3) is 0.562. The summed E-state index contributed by atoms with van der Waals surface area (Å²) < 4.78 is 5.72. The van der Waals surface area contributed by atoms with Crippen LogP contribution in [0.25, 0.3) is 0 Å². The minimum Gasteiger partial charge on any atom is -0.492 e. The SMILES string of the molecule is CCC1CN(CCCOc2ccccc2C#N)CCS1. The average Bonchev–Trinajstić information content (AvgIpc) is 2.52. The summed E-state index contributed by atoms with van der Waals surface area (Å²) in [7, 11) is 0. The number of nitrogens with zero attached hydrogens (tertiary/aromatic N) is 2. The van der Waals surface area contributed by atoms with Gasteiger partial charge >= 0.3 is 0 Å². The van der Waals surface area contributed by atoms with E-state index in [4.69, 9.17) is 10.00 Å². The first kappa shape index (κ1) is 15.2. The second kappa shape index (κ2) is 8.18. The van der Waals surface area contributed by atoms with Crippen LogP contribution in [-0.4, -0.2) is 42.1 Å². The lowest BCUT2D eigenvalue weighted by Gasteiger charge is -2.31. The molecule has 1 heterocycles. The predicted octanol–water partition coefficient (Wildman–Crippen LogP) is 3.15. The molecule has 1 aromatic carbocycles. The molecule has 4 heteroatoms. The fourth-order valence-electron chi connectivity index (χ4n) is 2.39. The zero-order chi connectivity index (χ0) is 14.2. The van der Waals surface area contributed by atoms with E-state index < -0.39 is 0 Å². The maximum atomic E-state index is 8.99. The predicted molar refractivity (Wildman–Crippen MR) is 84.2 cm³/mol. The van der Waals surface area contributed by atoms with Gasteiger partial charge in [0.25, 0.3) is 0 Å². The highest BCUT2D eigenvalue weighted by atomic mass is 32.2. The molecule has 1 aromatic rings. The molecule has 1 atom stereocenters. The van der Waals surface area contributed by atoms with Gasteiger partial charge in [-0.1, -0.05) is 19.1 Å². The van der Waals surface area contributed by atoms with Crippen molar-refractivity contribution in [1.29, 1.82) is 5.26 Å². The van der Waals surface area contributed by atoms with Crippen LogP contribution >= 0.6 is 11.8 Å². The molecule has 1 aliphatic heterocycles. The Morgan fingerprint density at radius 3 is 3.10 bits per heavy atom. The van der Waals surface area contributed by atoms with E-state index in [1.165, 1.54) is 25.3 Å². The van der Waals surface area contributed by atoms with Crippen molar-refractivity contribution in [2.45, 2.75) is 25.0 Å². The van der Waals surface area contributed by atoms with E-state index in [2.05, 4.69) is 29.7 Å². The normalized spacial score (nSPS) is 19.5. The Balaban J connectivity index is 1.70. The first-order valence-electron chi connectivity index (χ1n) is 7.29. The summed E-state index contributed by atoms with van der Waals surface area (Å²) in [6, 6.07) is 9.59. The smallest absolute Gasteiger partial charge is 0.137 e. The first-order chi connectivity index (χ1) is 9.83. The molecule has 0 bridgehead atoms. The highest BCUT2D eigenvalue weighted by Gasteiger charge is 2.18. The van der Waals surface area contributed by atoms with Crippen LogP contribution in [0.2, 0.25) is 0 Å². The molecule has 0 radical (unpaired) electrons. The summed E-state index contributed by atoms with van der Waals surface area (Å²) in [6.45, 7) is 6.43. The van der Waals surface area contributed by atoms with Crippen molar-refractivity contribution in [3.8, 4) is 11.8 Å². The Labute approximate surface area is 125 Å². The van der Waals surface area contributed by atoms with E-state index in [-0.39, 0.29) is 0 Å². The lowest BCUT2D eigenvalue weighted by atomic mass is 10.2. The quantitative estimate of drug-likeness (QED) is 0.754. The average molecular weight is 290 g/mol. The van der Waals surface area contributed by atoms with E-state index in [1.54, 1.807) is 6.07 Å². The number of ether oxygens (including phenoxy) is 1. The van der Waals surface area contributed by atoms with Crippen molar-refractivity contribution >= 4 is 11.8 Å². The standard InChI is InChI=1S/C16H22N2OS/c1-2-15-13-18(9-11-20-15)8-5-10-19-16-7-4-3-6-14(16)12-17/h3-4,6-7,15H,2,5,8-11,13H2,1H3. The van der Waals surface area contributed by atoms with Gasteiger partial charge in [0, 0.05) is 30.6 Å². The molecule has 0 aromatic heterocycles. The molecule has 1 fully saturated rings. The molecule has 1 unspecified atom stereocenters. The number of rotatable bonds is 6. The number of hydrogen-bond donors (Lipinski definition) is 0. The van der Waals surface area contributed by atoms with Crippen LogP contribution in [0.15, 0.2) is 24.3 Å². The Morgan fingerprint density at radius 2 is 2.30 bits per heavy atom. The highest BCUT2D eigenvalue weighted by molar-refractivity contribution is 8.00. The van der Waals surface area contributed by atoms with Crippen LogP contribution in [0.4, 0.5) is 0 Å². The van der Waals surface area contributed by atoms with Crippen molar-refractivity contribution in [3.63, 3.8) is 0 Å². The lowest BCUT2D eigenvalue weighted by Crippen LogP contribution is -2.38. The third kappa shape index (κ3) is 4.43. The minimum atomic E-state index is 0.618. The third-order valence-electron chi connectivity index (χ3n) is 3.56. The first-order valence-corrected chi connectivity index (χ1v) is 8.34. The van der Waals surface area contributed by atoms with Gasteiger partial charge in [-0.25, -0.2) is 0 Å². The van der Waals surface area contributed by atoms with Crippen LogP contribution in [0.3, 0.4) is 0 Å². The molecule has 108 valence electrons. The van der Waals surface area contributed by atoms with Gasteiger partial charge in [0.2, 0.25) is 0 Å². The van der Waals surface area contributed by atoms with E-state index in [0.717, 1.165) is 18.2 Å². The second-order valence-electron chi connectivity index (χ2n) is 5.01. The van der Waals surface area contributed by atoms with E-state index >= 15 is 0 Å². The molecular weight excluding hydrogens is 268 g/mol. The summed E-state index contributed by atoms with van der Waals surface area (Å²) in [5, 5.41) is 9.79. The maximum Gasteiger partial charge on any atom is 0.137 e. The van der Waals surface area contributed by atoms with Gasteiger partial charge < -0.3 is 9.64 Å². The fourth-order valence-corrected chi connectivity index (χ4v) is 3.63. The van der Waals surface area contributed by atoms with Crippen molar-refractivity contribution in [2.24, 2.45) is 0 Å². The molecule has 3 nitrogen and oxygen atoms in total. The molecule has 20 heavy (non-hydrogen) atoms. The number of benzene rings is 1. The number of hydrogen-bond acceptors (Lipinski definition) is 4. The minimum absolute atomic E-state index is 0.618. The zero-order valence-corrected chi connectivity index (χ0v) is 12.9. The van der Waals surface area contributed by atoms with Crippen LogP contribution < -0.4 is 4.74 Å². The molecule has 2 rings (SSSR count). The van der Waals surface area contributed by atoms with E-state index in [0.29, 0.717) is 17.9 Å². The maximum absolute atomic E-state index is 8.99. The van der Waals surface area contributed by atoms with Crippen LogP contribution in [-0.2, 0) is 0 Å². The molecule has 0 aliphatic carbocycles. The Hall–Kier alpha value is -1.18. The van der Waals surface area contributed by atoms with Gasteiger partial charge in [0.1, 0.15) is 11.8 Å². The lowest BCUT2D eigenvalue weighted by molar-refractivity contribution is 0.238. The molecule has 0 N–H and O–H groups in total. The van der Waals surface area contributed by atoms with Gasteiger partial charge in [-0.3, -0.25) is 0 Å². The summed E-state index contributed by atoms with van der Waals surface area (Å²) in [5.74, 6) is 1.95. The van der Waals surface area contributed by atoms with Gasteiger partial charge in [-0.2, -0.15) is 17.0 Å². The topological polar surface area (TPSA) is 36.3 Å². The van der Waals surface area contributed by atoms with Crippen molar-refractivity contribution in [3.05, 3.63) is 29.8 Å². The van der Waals surface area contributed by atoms with E-state index in [9.17, 15) is 0 Å². The second-order valence-corrected chi connectivity index (χ2v) is 6.42. The van der Waals surface area contributed by atoms with Crippen LogP contribution in [0, 0.1) is 11.3 Å². The van der Waals surface area contributed by atoms with Crippen molar-refractivity contribution in [1.82, 2.24) is 4.90 Å². The number of thioether (sulfide) groups is 1. The molecular formula is C16H22N2OS. The molecule has 1 aliphatic rings. The van der Waals surface area contributed by atoms with Gasteiger partial charge in [0.05, 0.1) is 12.2 Å². The Bertz CT molecular complexity index is 458. The Morgan fingerprint density at radius 1 is 1.45 bits per heavy atom. The van der Waals surface area contributed by atoms with E-state index in [1.807, 2.05) is 18.2 Å². The zero-order valence-electron chi connectivity index (χ0n) is 12.0.